The average Bonchev–Trinajstić information content (AvgIpc) is 2.57. The standard InChI is InChI=1S/C12H11FN2O/c1-8-3-9(2)15(14-8)12-5-10(7-16)4-11(13)6-12/h3-7H,1-2H3. The molecule has 0 aliphatic rings. The molecule has 1 aromatic heterocycles. The van der Waals surface area contributed by atoms with E-state index in [-0.39, 0.29) is 0 Å². The number of aryl methyl sites for hydroxylation is 2. The normalized spacial score (nSPS) is 10.4. The highest BCUT2D eigenvalue weighted by atomic mass is 19.1. The molecule has 0 aliphatic carbocycles. The molecule has 82 valence electrons. The Morgan fingerprint density at radius 2 is 2.00 bits per heavy atom. The van der Waals surface area contributed by atoms with Crippen LogP contribution in [0.25, 0.3) is 5.69 Å². The molecular weight excluding hydrogens is 207 g/mol. The van der Waals surface area contributed by atoms with Gasteiger partial charge in [-0.15, -0.1) is 0 Å². The molecule has 2 rings (SSSR count). The molecule has 0 saturated heterocycles. The minimum absolute atomic E-state index is 0.308. The summed E-state index contributed by atoms with van der Waals surface area (Å²) in [4.78, 5) is 10.6. The molecule has 0 aliphatic heterocycles. The third-order valence-corrected chi connectivity index (χ3v) is 2.30. The third-order valence-electron chi connectivity index (χ3n) is 2.30. The molecule has 0 bridgehead atoms. The van der Waals surface area contributed by atoms with E-state index in [4.69, 9.17) is 0 Å². The van der Waals surface area contributed by atoms with Gasteiger partial charge in [0.1, 0.15) is 12.1 Å². The monoisotopic (exact) mass is 218 g/mol. The molecule has 0 fully saturated rings. The van der Waals surface area contributed by atoms with Crippen molar-refractivity contribution >= 4 is 6.29 Å². The van der Waals surface area contributed by atoms with Crippen LogP contribution in [-0.4, -0.2) is 16.1 Å². The van der Waals surface area contributed by atoms with Crippen molar-refractivity contribution in [3.05, 3.63) is 47.0 Å². The number of hydrogen-bond donors (Lipinski definition) is 0. The maximum atomic E-state index is 13.2. The van der Waals surface area contributed by atoms with E-state index in [0.717, 1.165) is 11.4 Å². The fourth-order valence-electron chi connectivity index (χ4n) is 1.68. The first-order chi connectivity index (χ1) is 7.60. The van der Waals surface area contributed by atoms with E-state index in [0.29, 0.717) is 17.5 Å². The minimum Gasteiger partial charge on any atom is -0.298 e. The molecule has 0 radical (unpaired) electrons. The highest BCUT2D eigenvalue weighted by Crippen LogP contribution is 2.15. The van der Waals surface area contributed by atoms with E-state index >= 15 is 0 Å². The first-order valence-corrected chi connectivity index (χ1v) is 4.89. The van der Waals surface area contributed by atoms with Crippen molar-refractivity contribution < 1.29 is 9.18 Å². The summed E-state index contributed by atoms with van der Waals surface area (Å²) in [5, 5.41) is 4.23. The van der Waals surface area contributed by atoms with Crippen LogP contribution in [0, 0.1) is 19.7 Å². The molecule has 0 atom stereocenters. The molecule has 3 nitrogen and oxygen atoms in total. The van der Waals surface area contributed by atoms with Gasteiger partial charge in [-0.25, -0.2) is 9.07 Å². The summed E-state index contributed by atoms with van der Waals surface area (Å²) >= 11 is 0. The molecule has 4 heteroatoms. The number of benzene rings is 1. The van der Waals surface area contributed by atoms with Crippen molar-refractivity contribution in [2.24, 2.45) is 0 Å². The second-order valence-corrected chi connectivity index (χ2v) is 3.70. The summed E-state index contributed by atoms with van der Waals surface area (Å²) in [5.41, 5.74) is 2.63. The van der Waals surface area contributed by atoms with Gasteiger partial charge in [0.2, 0.25) is 0 Å². The predicted molar refractivity (Wildman–Crippen MR) is 58.4 cm³/mol. The van der Waals surface area contributed by atoms with Gasteiger partial charge >= 0.3 is 0 Å². The summed E-state index contributed by atoms with van der Waals surface area (Å²) < 4.78 is 14.9. The van der Waals surface area contributed by atoms with Crippen LogP contribution in [0.2, 0.25) is 0 Å². The van der Waals surface area contributed by atoms with Crippen LogP contribution in [0.1, 0.15) is 21.7 Å². The first-order valence-electron chi connectivity index (χ1n) is 4.89. The van der Waals surface area contributed by atoms with Crippen LogP contribution in [-0.2, 0) is 0 Å². The first kappa shape index (κ1) is 10.5. The van der Waals surface area contributed by atoms with Crippen molar-refractivity contribution in [2.75, 3.05) is 0 Å². The number of hydrogen-bond acceptors (Lipinski definition) is 2. The van der Waals surface area contributed by atoms with Crippen molar-refractivity contribution in [3.63, 3.8) is 0 Å². The van der Waals surface area contributed by atoms with Gasteiger partial charge in [0.15, 0.2) is 0 Å². The zero-order valence-electron chi connectivity index (χ0n) is 9.07. The van der Waals surface area contributed by atoms with Gasteiger partial charge in [-0.3, -0.25) is 4.79 Å². The fraction of sp³-hybridized carbons (Fsp3) is 0.167. The number of aromatic nitrogens is 2. The summed E-state index contributed by atoms with van der Waals surface area (Å²) in [6, 6.07) is 6.05. The maximum absolute atomic E-state index is 13.2. The third kappa shape index (κ3) is 1.86. The van der Waals surface area contributed by atoms with Crippen LogP contribution in [0.15, 0.2) is 24.3 Å². The Kier molecular flexibility index (Phi) is 2.56. The minimum atomic E-state index is -0.438. The number of aldehydes is 1. The van der Waals surface area contributed by atoms with E-state index in [1.807, 2.05) is 19.9 Å². The Hall–Kier alpha value is -1.97. The number of rotatable bonds is 2. The molecule has 1 heterocycles. The maximum Gasteiger partial charge on any atom is 0.150 e. The lowest BCUT2D eigenvalue weighted by atomic mass is 10.2. The number of carbonyl (C=O) groups is 1. The highest BCUT2D eigenvalue weighted by Gasteiger charge is 2.06. The zero-order valence-corrected chi connectivity index (χ0v) is 9.07. The molecule has 0 amide bonds. The molecule has 0 unspecified atom stereocenters. The number of carbonyl (C=O) groups excluding carboxylic acids is 1. The lowest BCUT2D eigenvalue weighted by Crippen LogP contribution is -2.00. The molecule has 1 aromatic carbocycles. The number of halogens is 1. The smallest absolute Gasteiger partial charge is 0.150 e. The summed E-state index contributed by atoms with van der Waals surface area (Å²) in [7, 11) is 0. The van der Waals surface area contributed by atoms with Crippen molar-refractivity contribution in [1.82, 2.24) is 9.78 Å². The Bertz CT molecular complexity index is 546. The second kappa shape index (κ2) is 3.89. The van der Waals surface area contributed by atoms with Crippen molar-refractivity contribution in [1.29, 1.82) is 0 Å². The van der Waals surface area contributed by atoms with Crippen LogP contribution in [0.4, 0.5) is 4.39 Å². The number of nitrogens with zero attached hydrogens (tertiary/aromatic N) is 2. The summed E-state index contributed by atoms with van der Waals surface area (Å²) in [5.74, 6) is -0.438. The summed E-state index contributed by atoms with van der Waals surface area (Å²) in [6.45, 7) is 3.74. The van der Waals surface area contributed by atoms with E-state index < -0.39 is 5.82 Å². The van der Waals surface area contributed by atoms with Gasteiger partial charge < -0.3 is 0 Å². The largest absolute Gasteiger partial charge is 0.298 e. The van der Waals surface area contributed by atoms with Crippen molar-refractivity contribution in [2.45, 2.75) is 13.8 Å². The molecular formula is C12H11FN2O. The lowest BCUT2D eigenvalue weighted by Gasteiger charge is -2.05. The van der Waals surface area contributed by atoms with Gasteiger partial charge in [0.25, 0.3) is 0 Å². The van der Waals surface area contributed by atoms with Gasteiger partial charge in [-0.1, -0.05) is 0 Å². The van der Waals surface area contributed by atoms with E-state index in [9.17, 15) is 9.18 Å². The van der Waals surface area contributed by atoms with Gasteiger partial charge in [-0.2, -0.15) is 5.10 Å². The Morgan fingerprint density at radius 3 is 2.56 bits per heavy atom. The lowest BCUT2D eigenvalue weighted by molar-refractivity contribution is 0.112. The Labute approximate surface area is 92.5 Å². The van der Waals surface area contributed by atoms with Gasteiger partial charge in [0.05, 0.1) is 11.4 Å². The molecule has 16 heavy (non-hydrogen) atoms. The molecule has 0 saturated carbocycles. The summed E-state index contributed by atoms with van der Waals surface area (Å²) in [6.07, 6.45) is 0.623. The molecule has 0 spiro atoms. The predicted octanol–water partition coefficient (Wildman–Crippen LogP) is 2.44. The van der Waals surface area contributed by atoms with E-state index in [1.54, 1.807) is 10.7 Å². The fourth-order valence-corrected chi connectivity index (χ4v) is 1.68. The Morgan fingerprint density at radius 1 is 1.25 bits per heavy atom. The van der Waals surface area contributed by atoms with E-state index in [2.05, 4.69) is 5.10 Å². The van der Waals surface area contributed by atoms with Gasteiger partial charge in [-0.05, 0) is 38.1 Å². The van der Waals surface area contributed by atoms with Crippen LogP contribution in [0.5, 0.6) is 0 Å². The SMILES string of the molecule is Cc1cc(C)n(-c2cc(F)cc(C=O)c2)n1. The van der Waals surface area contributed by atoms with Gasteiger partial charge in [0, 0.05) is 11.3 Å². The van der Waals surface area contributed by atoms with E-state index in [1.165, 1.54) is 12.1 Å². The molecule has 2 aromatic rings. The Balaban J connectivity index is 2.59. The zero-order chi connectivity index (χ0) is 11.7. The average molecular weight is 218 g/mol. The topological polar surface area (TPSA) is 34.9 Å². The van der Waals surface area contributed by atoms with Crippen molar-refractivity contribution in [3.8, 4) is 5.69 Å². The highest BCUT2D eigenvalue weighted by molar-refractivity contribution is 5.75. The second-order valence-electron chi connectivity index (χ2n) is 3.70. The van der Waals surface area contributed by atoms with Crippen LogP contribution in [0.3, 0.4) is 0 Å². The molecule has 0 N–H and O–H groups in total. The quantitative estimate of drug-likeness (QED) is 0.725. The van der Waals surface area contributed by atoms with Crippen LogP contribution >= 0.6 is 0 Å². The van der Waals surface area contributed by atoms with Crippen LogP contribution < -0.4 is 0 Å².